The molecule has 0 saturated carbocycles. The molecule has 7 heteroatoms. The van der Waals surface area contributed by atoms with Crippen LogP contribution in [0.2, 0.25) is 0 Å². The summed E-state index contributed by atoms with van der Waals surface area (Å²) in [5, 5.41) is 0. The Bertz CT molecular complexity index is 240. The van der Waals surface area contributed by atoms with Gasteiger partial charge in [-0.1, -0.05) is 12.2 Å². The van der Waals surface area contributed by atoms with Crippen molar-refractivity contribution in [1.82, 2.24) is 4.90 Å². The van der Waals surface area contributed by atoms with Crippen LogP contribution in [0.15, 0.2) is 0 Å². The van der Waals surface area contributed by atoms with E-state index in [9.17, 15) is 13.6 Å². The summed E-state index contributed by atoms with van der Waals surface area (Å²) < 4.78 is 28.0. The minimum Gasteiger partial charge on any atom is -0.392 e. The third-order valence-electron chi connectivity index (χ3n) is 1.79. The summed E-state index contributed by atoms with van der Waals surface area (Å²) in [6.45, 7) is 1.81. The van der Waals surface area contributed by atoms with Crippen LogP contribution < -0.4 is 5.73 Å². The number of ether oxygens (including phenoxy) is 1. The molecule has 0 heterocycles. The van der Waals surface area contributed by atoms with E-state index in [0.29, 0.717) is 6.54 Å². The van der Waals surface area contributed by atoms with E-state index in [1.165, 1.54) is 4.90 Å². The number of thiocarbonyl (C=S) groups is 1. The number of nitrogens with two attached hydrogens (primary N) is 1. The molecule has 0 aliphatic carbocycles. The molecule has 0 aliphatic rings. The molecular weight excluding hydrogens is 238 g/mol. The maximum absolute atomic E-state index is 11.7. The molecule has 0 aliphatic heterocycles. The van der Waals surface area contributed by atoms with Gasteiger partial charge in [0.05, 0.1) is 24.6 Å². The van der Waals surface area contributed by atoms with Gasteiger partial charge >= 0.3 is 0 Å². The van der Waals surface area contributed by atoms with Crippen LogP contribution in [0, 0.1) is 0 Å². The predicted molar refractivity (Wildman–Crippen MR) is 60.5 cm³/mol. The highest BCUT2D eigenvalue weighted by Gasteiger charge is 2.12. The first kappa shape index (κ1) is 15.2. The molecule has 16 heavy (non-hydrogen) atoms. The normalized spacial score (nSPS) is 10.5. The second-order valence-electron chi connectivity index (χ2n) is 3.09. The van der Waals surface area contributed by atoms with E-state index in [2.05, 4.69) is 17.0 Å². The number of nitrogens with zero attached hydrogens (tertiary/aromatic N) is 1. The minimum absolute atomic E-state index is 0.0169. The van der Waals surface area contributed by atoms with Crippen LogP contribution in [0.25, 0.3) is 0 Å². The van der Waals surface area contributed by atoms with Crippen LogP contribution in [-0.4, -0.2) is 48.5 Å². The van der Waals surface area contributed by atoms with Gasteiger partial charge in [-0.25, -0.2) is 8.78 Å². The Morgan fingerprint density at radius 1 is 1.56 bits per heavy atom. The van der Waals surface area contributed by atoms with Gasteiger partial charge in [-0.15, -0.1) is 0 Å². The molecule has 0 radical (unpaired) electrons. The van der Waals surface area contributed by atoms with Gasteiger partial charge in [0.15, 0.2) is 0 Å². The van der Waals surface area contributed by atoms with Crippen molar-refractivity contribution in [2.45, 2.75) is 19.8 Å². The topological polar surface area (TPSA) is 55.6 Å². The Hall–Kier alpha value is -0.820. The highest BCUT2D eigenvalue weighted by Crippen LogP contribution is 1.97. The Morgan fingerprint density at radius 2 is 2.19 bits per heavy atom. The second-order valence-corrected chi connectivity index (χ2v) is 3.61. The molecule has 0 saturated heterocycles. The number of rotatable bonds is 8. The lowest BCUT2D eigenvalue weighted by Crippen LogP contribution is -2.37. The molecule has 0 aromatic carbocycles. The number of carbonyl (C=O) groups excluding carboxylic acids is 1. The van der Waals surface area contributed by atoms with E-state index in [4.69, 9.17) is 5.73 Å². The third-order valence-corrected chi connectivity index (χ3v) is 1.91. The van der Waals surface area contributed by atoms with Crippen LogP contribution in [0.4, 0.5) is 8.78 Å². The van der Waals surface area contributed by atoms with Crippen LogP contribution in [0.3, 0.4) is 0 Å². The smallest absolute Gasteiger partial charge is 0.261 e. The molecule has 0 aromatic heterocycles. The molecule has 0 bridgehead atoms. The SMILES string of the molecule is CCN(CC(N)=S)C(=O)CCOCC(F)F. The molecular formula is C9H16F2N2O2S. The standard InChI is InChI=1S/C9H16F2N2O2S/c1-2-13(5-8(12)16)9(14)3-4-15-6-7(10)11/h7H,2-6H2,1H3,(H2,12,16). The third kappa shape index (κ3) is 7.47. The maximum atomic E-state index is 11.7. The molecule has 1 amide bonds. The number of alkyl halides is 2. The fourth-order valence-electron chi connectivity index (χ4n) is 1.05. The average Bonchev–Trinajstić information content (AvgIpc) is 2.20. The van der Waals surface area contributed by atoms with Crippen LogP contribution in [-0.2, 0) is 9.53 Å². The minimum atomic E-state index is -2.51. The fraction of sp³-hybridized carbons (Fsp3) is 0.778. The zero-order valence-corrected chi connectivity index (χ0v) is 9.93. The van der Waals surface area contributed by atoms with E-state index >= 15 is 0 Å². The van der Waals surface area contributed by atoms with Crippen LogP contribution >= 0.6 is 12.2 Å². The van der Waals surface area contributed by atoms with Crippen molar-refractivity contribution in [3.63, 3.8) is 0 Å². The van der Waals surface area contributed by atoms with Crippen molar-refractivity contribution in [2.24, 2.45) is 5.73 Å². The second kappa shape index (κ2) is 8.35. The zero-order chi connectivity index (χ0) is 12.6. The monoisotopic (exact) mass is 254 g/mol. The molecule has 4 nitrogen and oxygen atoms in total. The van der Waals surface area contributed by atoms with E-state index in [-0.39, 0.29) is 30.5 Å². The van der Waals surface area contributed by atoms with Gasteiger partial charge < -0.3 is 15.4 Å². The number of hydrogen-bond donors (Lipinski definition) is 1. The van der Waals surface area contributed by atoms with Crippen molar-refractivity contribution in [1.29, 1.82) is 0 Å². The summed E-state index contributed by atoms with van der Waals surface area (Å²) in [4.78, 5) is 13.2. The van der Waals surface area contributed by atoms with Gasteiger partial charge in [0.2, 0.25) is 5.91 Å². The van der Waals surface area contributed by atoms with Crippen molar-refractivity contribution in [2.75, 3.05) is 26.3 Å². The highest BCUT2D eigenvalue weighted by molar-refractivity contribution is 7.80. The van der Waals surface area contributed by atoms with Crippen LogP contribution in [0.1, 0.15) is 13.3 Å². The first-order valence-corrected chi connectivity index (χ1v) is 5.30. The number of hydrogen-bond acceptors (Lipinski definition) is 3. The van der Waals surface area contributed by atoms with E-state index in [1.807, 2.05) is 0 Å². The van der Waals surface area contributed by atoms with Crippen molar-refractivity contribution < 1.29 is 18.3 Å². The molecule has 0 fully saturated rings. The first-order valence-electron chi connectivity index (χ1n) is 4.89. The average molecular weight is 254 g/mol. The van der Waals surface area contributed by atoms with Crippen LogP contribution in [0.5, 0.6) is 0 Å². The van der Waals surface area contributed by atoms with Gasteiger partial charge in [-0.2, -0.15) is 0 Å². The van der Waals surface area contributed by atoms with Gasteiger partial charge in [0.25, 0.3) is 6.43 Å². The summed E-state index contributed by atoms with van der Waals surface area (Å²) in [7, 11) is 0. The molecule has 0 spiro atoms. The fourth-order valence-corrected chi connectivity index (χ4v) is 1.21. The Balaban J connectivity index is 3.80. The van der Waals surface area contributed by atoms with Crippen molar-refractivity contribution in [3.8, 4) is 0 Å². The molecule has 2 N–H and O–H groups in total. The maximum Gasteiger partial charge on any atom is 0.261 e. The van der Waals surface area contributed by atoms with E-state index in [0.717, 1.165) is 0 Å². The number of carbonyl (C=O) groups is 1. The summed E-state index contributed by atoms with van der Waals surface area (Å²) in [5.41, 5.74) is 5.31. The summed E-state index contributed by atoms with van der Waals surface area (Å²) in [5.74, 6) is -0.204. The number of likely N-dealkylation sites (N-methyl/N-ethyl adjacent to an activating group) is 1. The summed E-state index contributed by atoms with van der Waals surface area (Å²) in [6, 6.07) is 0. The number of halogens is 2. The lowest BCUT2D eigenvalue weighted by Gasteiger charge is -2.19. The summed E-state index contributed by atoms with van der Waals surface area (Å²) >= 11 is 4.68. The summed E-state index contributed by atoms with van der Waals surface area (Å²) in [6.07, 6.45) is -2.45. The first-order chi connectivity index (χ1) is 7.47. The quantitative estimate of drug-likeness (QED) is 0.514. The largest absolute Gasteiger partial charge is 0.392 e. The van der Waals surface area contributed by atoms with Crippen molar-refractivity contribution >= 4 is 23.1 Å². The molecule has 0 rings (SSSR count). The Labute approximate surface area is 98.7 Å². The van der Waals surface area contributed by atoms with Gasteiger partial charge in [0, 0.05) is 6.54 Å². The predicted octanol–water partition coefficient (Wildman–Crippen LogP) is 0.793. The lowest BCUT2D eigenvalue weighted by molar-refractivity contribution is -0.131. The Kier molecular flexibility index (Phi) is 7.92. The number of amides is 1. The van der Waals surface area contributed by atoms with E-state index < -0.39 is 13.0 Å². The zero-order valence-electron chi connectivity index (χ0n) is 9.12. The molecule has 0 aromatic rings. The van der Waals surface area contributed by atoms with Crippen molar-refractivity contribution in [3.05, 3.63) is 0 Å². The van der Waals surface area contributed by atoms with Gasteiger partial charge in [-0.05, 0) is 6.92 Å². The Morgan fingerprint density at radius 3 is 2.62 bits per heavy atom. The van der Waals surface area contributed by atoms with Gasteiger partial charge in [-0.3, -0.25) is 4.79 Å². The molecule has 0 atom stereocenters. The highest BCUT2D eigenvalue weighted by atomic mass is 32.1. The lowest BCUT2D eigenvalue weighted by atomic mass is 10.3. The van der Waals surface area contributed by atoms with E-state index in [1.54, 1.807) is 6.92 Å². The van der Waals surface area contributed by atoms with Gasteiger partial charge in [0.1, 0.15) is 6.61 Å². The molecule has 94 valence electrons. The molecule has 0 unspecified atom stereocenters.